The van der Waals surface area contributed by atoms with Gasteiger partial charge in [0, 0.05) is 21.4 Å². The third kappa shape index (κ3) is 7.50. The summed E-state index contributed by atoms with van der Waals surface area (Å²) < 4.78 is 11.3. The number of Topliss-reactive ketones (excluding diaryl/α,β-unsaturated/α-hetero) is 1. The number of carbonyl (C=O) groups is 3. The zero-order valence-electron chi connectivity index (χ0n) is 26.1. The largest absolute Gasteiger partial charge is 0.507 e. The highest BCUT2D eigenvalue weighted by atomic mass is 35.5. The number of benzene rings is 4. The molecule has 1 saturated heterocycles. The molecule has 0 aliphatic carbocycles. The molecule has 0 bridgehead atoms. The zero-order chi connectivity index (χ0) is 34.7. The Morgan fingerprint density at radius 2 is 1.69 bits per heavy atom. The van der Waals surface area contributed by atoms with Gasteiger partial charge in [0.05, 0.1) is 24.3 Å². The van der Waals surface area contributed by atoms with Crippen molar-refractivity contribution in [2.24, 2.45) is 0 Å². The predicted molar refractivity (Wildman–Crippen MR) is 190 cm³/mol. The first-order valence-corrected chi connectivity index (χ1v) is 17.4. The van der Waals surface area contributed by atoms with Gasteiger partial charge in [0.15, 0.2) is 4.34 Å². The summed E-state index contributed by atoms with van der Waals surface area (Å²) in [5, 5.41) is 21.3. The molecule has 1 atom stereocenters. The number of ketones is 1. The van der Waals surface area contributed by atoms with Crippen molar-refractivity contribution >= 4 is 74.9 Å². The topological polar surface area (TPSA) is 119 Å². The van der Waals surface area contributed by atoms with E-state index in [0.29, 0.717) is 43.6 Å². The molecule has 1 aliphatic heterocycles. The van der Waals surface area contributed by atoms with Gasteiger partial charge in [-0.25, -0.2) is 4.79 Å². The molecule has 2 heterocycles. The number of aromatic nitrogens is 2. The average molecular weight is 733 g/mol. The Bertz CT molecular complexity index is 2080. The van der Waals surface area contributed by atoms with Crippen LogP contribution in [0.4, 0.5) is 5.13 Å². The fraction of sp³-hybridized carbons (Fsp3) is 0.139. The van der Waals surface area contributed by atoms with Gasteiger partial charge in [-0.3, -0.25) is 14.5 Å². The number of halogens is 2. The van der Waals surface area contributed by atoms with Gasteiger partial charge in [0.1, 0.15) is 18.1 Å². The second kappa shape index (κ2) is 14.8. The van der Waals surface area contributed by atoms with Crippen molar-refractivity contribution in [2.45, 2.75) is 29.7 Å². The van der Waals surface area contributed by atoms with Gasteiger partial charge in [-0.2, -0.15) is 0 Å². The first-order valence-electron chi connectivity index (χ1n) is 14.8. The second-order valence-corrected chi connectivity index (χ2v) is 14.0. The molecule has 1 aromatic heterocycles. The lowest BCUT2D eigenvalue weighted by molar-refractivity contribution is -0.132. The lowest BCUT2D eigenvalue weighted by atomic mass is 9.94. The average Bonchev–Trinajstić information content (AvgIpc) is 3.68. The summed E-state index contributed by atoms with van der Waals surface area (Å²) in [6, 6.07) is 25.0. The Morgan fingerprint density at radius 3 is 2.39 bits per heavy atom. The van der Waals surface area contributed by atoms with Gasteiger partial charge in [-0.1, -0.05) is 94.3 Å². The van der Waals surface area contributed by atoms with Crippen molar-refractivity contribution in [3.05, 3.63) is 140 Å². The number of nitrogens with zero attached hydrogens (tertiary/aromatic N) is 3. The number of carbonyl (C=O) groups excluding carboxylic acids is 3. The molecule has 13 heteroatoms. The van der Waals surface area contributed by atoms with E-state index in [4.69, 9.17) is 32.7 Å². The molecule has 5 aromatic rings. The van der Waals surface area contributed by atoms with E-state index >= 15 is 0 Å². The van der Waals surface area contributed by atoms with Crippen LogP contribution in [0.1, 0.15) is 44.2 Å². The van der Waals surface area contributed by atoms with Gasteiger partial charge in [0.2, 0.25) is 5.13 Å². The molecule has 0 radical (unpaired) electrons. The number of ether oxygens (including phenoxy) is 2. The smallest absolute Gasteiger partial charge is 0.337 e. The van der Waals surface area contributed by atoms with E-state index in [-0.39, 0.29) is 22.0 Å². The van der Waals surface area contributed by atoms with Crippen molar-refractivity contribution in [1.82, 2.24) is 10.2 Å². The highest BCUT2D eigenvalue weighted by Crippen LogP contribution is 2.44. The Kier molecular flexibility index (Phi) is 10.4. The number of aryl methyl sites for hydroxylation is 1. The van der Waals surface area contributed by atoms with Crippen molar-refractivity contribution in [3.63, 3.8) is 0 Å². The number of hydrogen-bond donors (Lipinski definition) is 1. The normalized spacial score (nSPS) is 15.4. The first kappa shape index (κ1) is 34.2. The van der Waals surface area contributed by atoms with Crippen LogP contribution in [0.15, 0.2) is 101 Å². The summed E-state index contributed by atoms with van der Waals surface area (Å²) in [5.41, 5.74) is 3.89. The van der Waals surface area contributed by atoms with E-state index in [2.05, 4.69) is 10.2 Å². The quantitative estimate of drug-likeness (QED) is 0.0377. The van der Waals surface area contributed by atoms with Crippen molar-refractivity contribution in [1.29, 1.82) is 0 Å². The molecular weight excluding hydrogens is 705 g/mol. The highest BCUT2D eigenvalue weighted by molar-refractivity contribution is 8.00. The number of amides is 1. The van der Waals surface area contributed by atoms with Crippen molar-refractivity contribution in [2.75, 3.05) is 12.0 Å². The summed E-state index contributed by atoms with van der Waals surface area (Å²) >= 11 is 14.8. The molecule has 1 unspecified atom stereocenters. The number of aliphatic hydroxyl groups excluding tert-OH is 1. The maximum absolute atomic E-state index is 13.7. The third-order valence-corrected chi connectivity index (χ3v) is 10.4. The number of anilines is 1. The Labute approximate surface area is 300 Å². The lowest BCUT2D eigenvalue weighted by Gasteiger charge is -2.22. The minimum Gasteiger partial charge on any atom is -0.507 e. The first-order chi connectivity index (χ1) is 23.6. The van der Waals surface area contributed by atoms with Crippen LogP contribution in [0.3, 0.4) is 0 Å². The van der Waals surface area contributed by atoms with Gasteiger partial charge in [-0.15, -0.1) is 10.2 Å². The highest BCUT2D eigenvalue weighted by Gasteiger charge is 2.48. The third-order valence-electron chi connectivity index (χ3n) is 7.68. The molecule has 1 amide bonds. The molecule has 6 rings (SSSR count). The molecule has 9 nitrogen and oxygen atoms in total. The number of methoxy groups -OCH3 is 1. The van der Waals surface area contributed by atoms with E-state index in [1.807, 2.05) is 37.3 Å². The predicted octanol–water partition coefficient (Wildman–Crippen LogP) is 8.44. The summed E-state index contributed by atoms with van der Waals surface area (Å²) in [5.74, 6) is -1.66. The van der Waals surface area contributed by atoms with E-state index < -0.39 is 23.7 Å². The van der Waals surface area contributed by atoms with E-state index in [1.165, 1.54) is 35.9 Å². The number of hydrogen-bond acceptors (Lipinski definition) is 10. The van der Waals surface area contributed by atoms with Gasteiger partial charge >= 0.3 is 11.9 Å². The van der Waals surface area contributed by atoms with Crippen LogP contribution in [0, 0.1) is 6.92 Å². The van der Waals surface area contributed by atoms with Crippen LogP contribution < -0.4 is 9.64 Å². The van der Waals surface area contributed by atoms with Crippen LogP contribution in [0.5, 0.6) is 5.75 Å². The molecular formula is C36H27Cl2N3O6S2. The SMILES string of the molecule is COC(=O)c1ccc(C2/C(=C(\O)c3ccc(OCc4cccc(C)c4)cc3)C(=O)C(=O)N2c2nnc(SCc3ccc(Cl)cc3Cl)s2)cc1. The van der Waals surface area contributed by atoms with Gasteiger partial charge in [-0.05, 0) is 72.1 Å². The molecule has 1 N–H and O–H groups in total. The minimum absolute atomic E-state index is 0.137. The van der Waals surface area contributed by atoms with E-state index in [9.17, 15) is 19.5 Å². The number of esters is 1. The lowest BCUT2D eigenvalue weighted by Crippen LogP contribution is -2.29. The fourth-order valence-electron chi connectivity index (χ4n) is 5.23. The summed E-state index contributed by atoms with van der Waals surface area (Å²) in [4.78, 5) is 40.7. The van der Waals surface area contributed by atoms with Crippen LogP contribution in [0.2, 0.25) is 10.0 Å². The molecule has 1 fully saturated rings. The van der Waals surface area contributed by atoms with Crippen LogP contribution in [-0.2, 0) is 26.7 Å². The maximum Gasteiger partial charge on any atom is 0.337 e. The minimum atomic E-state index is -1.07. The van der Waals surface area contributed by atoms with Gasteiger partial charge < -0.3 is 14.6 Å². The van der Waals surface area contributed by atoms with Crippen molar-refractivity contribution < 1.29 is 29.0 Å². The number of rotatable bonds is 10. The Hall–Kier alpha value is -4.68. The van der Waals surface area contributed by atoms with Crippen LogP contribution in [-0.4, -0.2) is 40.1 Å². The fourth-order valence-corrected chi connectivity index (χ4v) is 7.66. The second-order valence-electron chi connectivity index (χ2n) is 11.0. The molecule has 49 heavy (non-hydrogen) atoms. The summed E-state index contributed by atoms with van der Waals surface area (Å²) in [6.07, 6.45) is 0. The summed E-state index contributed by atoms with van der Waals surface area (Å²) in [6.45, 7) is 2.36. The monoisotopic (exact) mass is 731 g/mol. The number of aliphatic hydroxyl groups is 1. The zero-order valence-corrected chi connectivity index (χ0v) is 29.2. The van der Waals surface area contributed by atoms with Crippen LogP contribution >= 0.6 is 46.3 Å². The molecule has 1 aliphatic rings. The standard InChI is InChI=1S/C36H27Cl2N3O6S2/c1-20-4-3-5-21(16-20)18-47-27-14-11-23(12-15-27)31(42)29-30(22-6-8-24(9-7-22)34(45)46-2)41(33(44)32(29)43)35-39-40-36(49-35)48-19-25-10-13-26(37)17-28(25)38/h3-17,30,42H,18-19H2,1-2H3/b31-29+. The van der Waals surface area contributed by atoms with E-state index in [0.717, 1.165) is 28.0 Å². The molecule has 0 spiro atoms. The maximum atomic E-state index is 13.7. The van der Waals surface area contributed by atoms with E-state index in [1.54, 1.807) is 48.5 Å². The molecule has 0 saturated carbocycles. The number of thioether (sulfide) groups is 1. The summed E-state index contributed by atoms with van der Waals surface area (Å²) in [7, 11) is 1.27. The van der Waals surface area contributed by atoms with Crippen molar-refractivity contribution in [3.8, 4) is 5.75 Å². The molecule has 4 aromatic carbocycles. The van der Waals surface area contributed by atoms with Crippen LogP contribution in [0.25, 0.3) is 5.76 Å². The molecule has 248 valence electrons. The van der Waals surface area contributed by atoms with Gasteiger partial charge in [0.25, 0.3) is 5.78 Å². The Balaban J connectivity index is 1.32. The Morgan fingerprint density at radius 1 is 0.959 bits per heavy atom.